The molecule has 0 N–H and O–H groups in total. The van der Waals surface area contributed by atoms with E-state index >= 15 is 0 Å². The van der Waals surface area contributed by atoms with E-state index < -0.39 is 4.92 Å². The molecule has 0 atom stereocenters. The van der Waals surface area contributed by atoms with Crippen molar-refractivity contribution in [1.29, 1.82) is 0 Å². The molecule has 0 radical (unpaired) electrons. The lowest BCUT2D eigenvalue weighted by Crippen LogP contribution is -2.33. The highest BCUT2D eigenvalue weighted by Crippen LogP contribution is 2.16. The molecule has 0 saturated carbocycles. The highest BCUT2D eigenvalue weighted by molar-refractivity contribution is 5.94. The largest absolute Gasteiger partial charge is 0.472 e. The number of benzene rings is 1. The van der Waals surface area contributed by atoms with Crippen molar-refractivity contribution >= 4 is 11.6 Å². The first-order valence-electron chi connectivity index (χ1n) is 6.65. The zero-order valence-corrected chi connectivity index (χ0v) is 12.1. The fourth-order valence-electron chi connectivity index (χ4n) is 1.99. The van der Waals surface area contributed by atoms with Gasteiger partial charge in [-0.1, -0.05) is 6.07 Å². The third-order valence-corrected chi connectivity index (χ3v) is 3.11. The number of non-ortho nitro benzene ring substituents is 1. The maximum Gasteiger partial charge on any atom is 0.270 e. The minimum absolute atomic E-state index is 0.110. The summed E-state index contributed by atoms with van der Waals surface area (Å²) in [5.74, 6) is -0.290. The number of furan rings is 1. The van der Waals surface area contributed by atoms with Crippen molar-refractivity contribution in [3.05, 3.63) is 64.1 Å². The summed E-state index contributed by atoms with van der Waals surface area (Å²) in [6, 6.07) is 7.45. The molecule has 0 aliphatic carbocycles. The van der Waals surface area contributed by atoms with Gasteiger partial charge in [-0.15, -0.1) is 0 Å². The van der Waals surface area contributed by atoms with Crippen LogP contribution in [0, 0.1) is 10.1 Å². The summed E-state index contributed by atoms with van der Waals surface area (Å²) in [4.78, 5) is 24.4. The summed E-state index contributed by atoms with van der Waals surface area (Å²) in [5.41, 5.74) is 1.00. The van der Waals surface area contributed by atoms with Gasteiger partial charge in [0.2, 0.25) is 0 Å². The summed E-state index contributed by atoms with van der Waals surface area (Å²) in [7, 11) is 1.55. The maximum absolute atomic E-state index is 12.6. The van der Waals surface area contributed by atoms with E-state index in [0.717, 1.165) is 5.56 Å². The van der Waals surface area contributed by atoms with Crippen LogP contribution in [0.15, 0.2) is 47.3 Å². The predicted octanol–water partition coefficient (Wildman–Crippen LogP) is 2.48. The molecule has 0 aliphatic rings. The van der Waals surface area contributed by atoms with Crippen molar-refractivity contribution in [2.75, 3.05) is 20.3 Å². The quantitative estimate of drug-likeness (QED) is 0.579. The van der Waals surface area contributed by atoms with Crippen LogP contribution in [0.3, 0.4) is 0 Å². The fraction of sp³-hybridized carbons (Fsp3) is 0.267. The van der Waals surface area contributed by atoms with Crippen LogP contribution in [0.4, 0.5) is 5.69 Å². The highest BCUT2D eigenvalue weighted by atomic mass is 16.6. The number of nitro benzene ring substituents is 1. The van der Waals surface area contributed by atoms with Gasteiger partial charge in [0.15, 0.2) is 0 Å². The van der Waals surface area contributed by atoms with E-state index in [2.05, 4.69) is 0 Å². The van der Waals surface area contributed by atoms with Gasteiger partial charge in [0, 0.05) is 43.5 Å². The Morgan fingerprint density at radius 1 is 1.41 bits per heavy atom. The van der Waals surface area contributed by atoms with Gasteiger partial charge in [0.1, 0.15) is 0 Å². The predicted molar refractivity (Wildman–Crippen MR) is 78.4 cm³/mol. The molecule has 1 aromatic heterocycles. The Morgan fingerprint density at radius 2 is 2.23 bits per heavy atom. The van der Waals surface area contributed by atoms with Crippen LogP contribution in [0.1, 0.15) is 15.9 Å². The number of methoxy groups -OCH3 is 1. The van der Waals surface area contributed by atoms with E-state index in [1.54, 1.807) is 30.4 Å². The molecule has 22 heavy (non-hydrogen) atoms. The van der Waals surface area contributed by atoms with E-state index in [0.29, 0.717) is 19.7 Å². The third kappa shape index (κ3) is 3.92. The maximum atomic E-state index is 12.6. The average Bonchev–Trinajstić information content (AvgIpc) is 3.04. The molecule has 116 valence electrons. The monoisotopic (exact) mass is 304 g/mol. The standard InChI is InChI=1S/C15H16N2O5/c1-21-8-6-16(10-12-5-7-22-11-12)15(18)13-3-2-4-14(9-13)17(19)20/h2-5,7,9,11H,6,8,10H2,1H3. The molecule has 0 spiro atoms. The van der Waals surface area contributed by atoms with Gasteiger partial charge >= 0.3 is 0 Å². The van der Waals surface area contributed by atoms with Crippen molar-refractivity contribution in [3.8, 4) is 0 Å². The van der Waals surface area contributed by atoms with Crippen LogP contribution in [-0.4, -0.2) is 36.0 Å². The van der Waals surface area contributed by atoms with Gasteiger partial charge < -0.3 is 14.1 Å². The summed E-state index contributed by atoms with van der Waals surface area (Å²) >= 11 is 0. The van der Waals surface area contributed by atoms with Crippen LogP contribution in [0.2, 0.25) is 0 Å². The number of nitro groups is 1. The van der Waals surface area contributed by atoms with Crippen LogP contribution in [0.5, 0.6) is 0 Å². The lowest BCUT2D eigenvalue weighted by Gasteiger charge is -2.21. The minimum Gasteiger partial charge on any atom is -0.472 e. The third-order valence-electron chi connectivity index (χ3n) is 3.11. The average molecular weight is 304 g/mol. The first-order chi connectivity index (χ1) is 10.6. The molecule has 0 fully saturated rings. The molecule has 0 bridgehead atoms. The Balaban J connectivity index is 2.20. The summed E-state index contributed by atoms with van der Waals surface area (Å²) < 4.78 is 10.0. The van der Waals surface area contributed by atoms with Crippen molar-refractivity contribution in [3.63, 3.8) is 0 Å². The van der Waals surface area contributed by atoms with E-state index in [1.807, 2.05) is 0 Å². The molecule has 0 aliphatic heterocycles. The number of rotatable bonds is 7. The normalized spacial score (nSPS) is 10.4. The Bertz CT molecular complexity index is 639. The molecular formula is C15H16N2O5. The summed E-state index contributed by atoms with van der Waals surface area (Å²) in [6.07, 6.45) is 3.09. The van der Waals surface area contributed by atoms with Gasteiger partial charge in [-0.2, -0.15) is 0 Å². The van der Waals surface area contributed by atoms with Gasteiger partial charge in [-0.3, -0.25) is 14.9 Å². The number of ether oxygens (including phenoxy) is 1. The molecule has 0 unspecified atom stereocenters. The fourth-order valence-corrected chi connectivity index (χ4v) is 1.99. The van der Waals surface area contributed by atoms with Crippen LogP contribution < -0.4 is 0 Å². The van der Waals surface area contributed by atoms with Crippen molar-refractivity contribution in [1.82, 2.24) is 4.90 Å². The SMILES string of the molecule is COCCN(Cc1ccoc1)C(=O)c1cccc([N+](=O)[O-])c1. The number of amides is 1. The van der Waals surface area contributed by atoms with Crippen LogP contribution >= 0.6 is 0 Å². The molecule has 7 heteroatoms. The number of hydrogen-bond acceptors (Lipinski definition) is 5. The van der Waals surface area contributed by atoms with Gasteiger partial charge in [-0.25, -0.2) is 0 Å². The second kappa shape index (κ2) is 7.37. The Kier molecular flexibility index (Phi) is 5.26. The molecule has 1 heterocycles. The number of carbonyl (C=O) groups is 1. The van der Waals surface area contributed by atoms with E-state index in [1.165, 1.54) is 24.5 Å². The molecule has 1 amide bonds. The first-order valence-corrected chi connectivity index (χ1v) is 6.65. The number of hydrogen-bond donors (Lipinski definition) is 0. The van der Waals surface area contributed by atoms with Gasteiger partial charge in [-0.05, 0) is 12.1 Å². The van der Waals surface area contributed by atoms with Crippen molar-refractivity contribution in [2.45, 2.75) is 6.54 Å². The molecule has 7 nitrogen and oxygen atoms in total. The van der Waals surface area contributed by atoms with E-state index in [-0.39, 0.29) is 17.2 Å². The summed E-state index contributed by atoms with van der Waals surface area (Å²) in [5, 5.41) is 10.8. The van der Waals surface area contributed by atoms with Gasteiger partial charge in [0.25, 0.3) is 11.6 Å². The lowest BCUT2D eigenvalue weighted by atomic mass is 10.1. The molecule has 2 aromatic rings. The summed E-state index contributed by atoms with van der Waals surface area (Å²) in [6.45, 7) is 1.10. The lowest BCUT2D eigenvalue weighted by molar-refractivity contribution is -0.384. The second-order valence-corrected chi connectivity index (χ2v) is 4.66. The number of nitrogens with zero attached hydrogens (tertiary/aromatic N) is 2. The Hall–Kier alpha value is -2.67. The van der Waals surface area contributed by atoms with Crippen molar-refractivity contribution in [2.24, 2.45) is 0 Å². The zero-order chi connectivity index (χ0) is 15.9. The smallest absolute Gasteiger partial charge is 0.270 e. The zero-order valence-electron chi connectivity index (χ0n) is 12.1. The van der Waals surface area contributed by atoms with Gasteiger partial charge in [0.05, 0.1) is 24.1 Å². The number of carbonyl (C=O) groups excluding carboxylic acids is 1. The van der Waals surface area contributed by atoms with Crippen molar-refractivity contribution < 1.29 is 18.9 Å². The highest BCUT2D eigenvalue weighted by Gasteiger charge is 2.18. The minimum atomic E-state index is -0.521. The second-order valence-electron chi connectivity index (χ2n) is 4.66. The Morgan fingerprint density at radius 3 is 2.86 bits per heavy atom. The van der Waals surface area contributed by atoms with Crippen LogP contribution in [-0.2, 0) is 11.3 Å². The molecular weight excluding hydrogens is 288 g/mol. The van der Waals surface area contributed by atoms with E-state index in [4.69, 9.17) is 9.15 Å². The topological polar surface area (TPSA) is 85.8 Å². The van der Waals surface area contributed by atoms with Crippen LogP contribution in [0.25, 0.3) is 0 Å². The molecule has 2 rings (SSSR count). The first kappa shape index (κ1) is 15.7. The molecule has 1 aromatic carbocycles. The van der Waals surface area contributed by atoms with E-state index in [9.17, 15) is 14.9 Å². The Labute approximate surface area is 127 Å². The molecule has 0 saturated heterocycles.